The molecule has 1 aromatic heterocycles. The molecule has 8 nitrogen and oxygen atoms in total. The molecule has 3 N–H and O–H groups in total. The molecule has 0 bridgehead atoms. The largest absolute Gasteiger partial charge is 0.449 e. The first-order valence-corrected chi connectivity index (χ1v) is 10.3. The van der Waals surface area contributed by atoms with E-state index >= 15 is 0 Å². The maximum atomic E-state index is 13.3. The van der Waals surface area contributed by atoms with Crippen LogP contribution >= 0.6 is 0 Å². The van der Waals surface area contributed by atoms with Crippen LogP contribution in [0.15, 0.2) is 53.4 Å². The lowest BCUT2D eigenvalue weighted by Crippen LogP contribution is -2.30. The van der Waals surface area contributed by atoms with Gasteiger partial charge in [0.1, 0.15) is 5.82 Å². The molecule has 30 heavy (non-hydrogen) atoms. The Morgan fingerprint density at radius 3 is 2.43 bits per heavy atom. The van der Waals surface area contributed by atoms with E-state index in [2.05, 4.69) is 10.3 Å². The average Bonchev–Trinajstić information content (AvgIpc) is 2.66. The van der Waals surface area contributed by atoms with Crippen LogP contribution in [0.4, 0.5) is 10.1 Å². The number of aryl methyl sites for hydroxylation is 1. The van der Waals surface area contributed by atoms with Crippen molar-refractivity contribution in [2.45, 2.75) is 24.8 Å². The summed E-state index contributed by atoms with van der Waals surface area (Å²) in [6.45, 7) is 2.98. The van der Waals surface area contributed by atoms with E-state index in [1.165, 1.54) is 55.5 Å². The van der Waals surface area contributed by atoms with E-state index in [0.717, 1.165) is 0 Å². The Bertz CT molecular complexity index is 1240. The summed E-state index contributed by atoms with van der Waals surface area (Å²) in [6, 6.07) is 10.8. The fourth-order valence-corrected chi connectivity index (χ4v) is 3.21. The van der Waals surface area contributed by atoms with E-state index in [1.807, 2.05) is 0 Å². The van der Waals surface area contributed by atoms with E-state index in [9.17, 15) is 22.4 Å². The van der Waals surface area contributed by atoms with Gasteiger partial charge in [0, 0.05) is 17.1 Å². The number of nitrogens with zero attached hydrogens (tertiary/aromatic N) is 1. The molecule has 0 aliphatic carbocycles. The van der Waals surface area contributed by atoms with Crippen molar-refractivity contribution in [3.05, 3.63) is 65.6 Å². The monoisotopic (exact) mass is 431 g/mol. The molecule has 0 unspecified atom stereocenters. The highest BCUT2D eigenvalue weighted by atomic mass is 32.2. The number of aromatic nitrogens is 1. The molecule has 10 heteroatoms. The third kappa shape index (κ3) is 4.78. The molecule has 0 aliphatic heterocycles. The minimum absolute atomic E-state index is 0.0980. The van der Waals surface area contributed by atoms with Gasteiger partial charge in [-0.25, -0.2) is 22.7 Å². The number of pyridine rings is 1. The molecule has 0 radical (unpaired) electrons. The Kier molecular flexibility index (Phi) is 5.81. The highest BCUT2D eigenvalue weighted by Gasteiger charge is 2.21. The second-order valence-corrected chi connectivity index (χ2v) is 8.13. The number of nitrogens with two attached hydrogens (primary N) is 1. The Balaban J connectivity index is 1.70. The van der Waals surface area contributed by atoms with Gasteiger partial charge in [-0.3, -0.25) is 9.78 Å². The van der Waals surface area contributed by atoms with Crippen molar-refractivity contribution in [3.63, 3.8) is 0 Å². The predicted molar refractivity (Wildman–Crippen MR) is 108 cm³/mol. The number of primary sulfonamides is 1. The number of amides is 1. The van der Waals surface area contributed by atoms with Crippen LogP contribution in [0.2, 0.25) is 0 Å². The molecule has 3 aromatic rings. The van der Waals surface area contributed by atoms with Gasteiger partial charge in [0.2, 0.25) is 10.0 Å². The molecule has 0 fully saturated rings. The van der Waals surface area contributed by atoms with Crippen molar-refractivity contribution in [2.75, 3.05) is 5.32 Å². The Hall–Kier alpha value is -3.37. The Morgan fingerprint density at radius 1 is 1.13 bits per heavy atom. The zero-order valence-electron chi connectivity index (χ0n) is 16.0. The van der Waals surface area contributed by atoms with E-state index in [-0.39, 0.29) is 10.5 Å². The highest BCUT2D eigenvalue weighted by Crippen LogP contribution is 2.19. The number of anilines is 1. The maximum absolute atomic E-state index is 13.3. The summed E-state index contributed by atoms with van der Waals surface area (Å²) in [5, 5.41) is 8.10. The lowest BCUT2D eigenvalue weighted by molar-refractivity contribution is -0.123. The zero-order valence-corrected chi connectivity index (χ0v) is 16.9. The molecule has 0 aliphatic rings. The summed E-state index contributed by atoms with van der Waals surface area (Å²) in [5.74, 6) is -1.80. The van der Waals surface area contributed by atoms with Gasteiger partial charge in [0.15, 0.2) is 6.10 Å². The summed E-state index contributed by atoms with van der Waals surface area (Å²) in [6.07, 6.45) is -1.14. The van der Waals surface area contributed by atoms with Gasteiger partial charge in [-0.1, -0.05) is 0 Å². The molecule has 156 valence electrons. The van der Waals surface area contributed by atoms with Gasteiger partial charge in [-0.2, -0.15) is 0 Å². The van der Waals surface area contributed by atoms with Gasteiger partial charge >= 0.3 is 5.97 Å². The minimum atomic E-state index is -3.84. The van der Waals surface area contributed by atoms with Crippen LogP contribution in [-0.2, 0) is 19.6 Å². The van der Waals surface area contributed by atoms with Crippen LogP contribution < -0.4 is 10.5 Å². The number of sulfonamides is 1. The first-order chi connectivity index (χ1) is 14.0. The van der Waals surface area contributed by atoms with E-state index in [0.29, 0.717) is 22.3 Å². The summed E-state index contributed by atoms with van der Waals surface area (Å²) < 4.78 is 41.1. The number of esters is 1. The number of fused-ring (bicyclic) bond motifs is 1. The van der Waals surface area contributed by atoms with Gasteiger partial charge < -0.3 is 10.1 Å². The van der Waals surface area contributed by atoms with Crippen LogP contribution in [0, 0.1) is 12.7 Å². The first kappa shape index (κ1) is 21.3. The van der Waals surface area contributed by atoms with Crippen molar-refractivity contribution in [2.24, 2.45) is 5.14 Å². The number of carbonyl (C=O) groups is 2. The molecule has 2 aromatic carbocycles. The van der Waals surface area contributed by atoms with Crippen LogP contribution in [0.3, 0.4) is 0 Å². The SMILES string of the molecule is Cc1nc2cc(F)ccc2cc1C(=O)O[C@H](C)C(=O)Nc1ccc(S(N)(=O)=O)cc1. The zero-order chi connectivity index (χ0) is 22.1. The smallest absolute Gasteiger partial charge is 0.340 e. The van der Waals surface area contributed by atoms with Gasteiger partial charge in [-0.15, -0.1) is 0 Å². The molecule has 0 saturated carbocycles. The quantitative estimate of drug-likeness (QED) is 0.598. The number of ether oxygens (including phenoxy) is 1. The van der Waals surface area contributed by atoms with Gasteiger partial charge in [0.25, 0.3) is 5.91 Å². The summed E-state index contributed by atoms with van der Waals surface area (Å²) in [4.78, 5) is 28.9. The molecule has 1 heterocycles. The average molecular weight is 431 g/mol. The van der Waals surface area contributed by atoms with E-state index in [1.54, 1.807) is 6.92 Å². The fraction of sp³-hybridized carbons (Fsp3) is 0.150. The van der Waals surface area contributed by atoms with Crippen LogP contribution in [0.5, 0.6) is 0 Å². The highest BCUT2D eigenvalue weighted by molar-refractivity contribution is 7.89. The van der Waals surface area contributed by atoms with Crippen LogP contribution in [0.25, 0.3) is 10.9 Å². The lowest BCUT2D eigenvalue weighted by atomic mass is 10.1. The molecule has 0 spiro atoms. The number of hydrogen-bond acceptors (Lipinski definition) is 6. The lowest BCUT2D eigenvalue weighted by Gasteiger charge is -2.15. The van der Waals surface area contributed by atoms with Crippen molar-refractivity contribution in [3.8, 4) is 0 Å². The molecular weight excluding hydrogens is 413 g/mol. The number of halogens is 1. The number of carbonyl (C=O) groups excluding carboxylic acids is 2. The van der Waals surface area contributed by atoms with E-state index < -0.39 is 33.8 Å². The van der Waals surface area contributed by atoms with Crippen molar-refractivity contribution in [1.82, 2.24) is 4.98 Å². The maximum Gasteiger partial charge on any atom is 0.340 e. The summed E-state index contributed by atoms with van der Waals surface area (Å²) in [5.41, 5.74) is 1.20. The normalized spacial score (nSPS) is 12.4. The summed E-state index contributed by atoms with van der Waals surface area (Å²) >= 11 is 0. The molecule has 1 atom stereocenters. The Morgan fingerprint density at radius 2 is 1.80 bits per heavy atom. The second kappa shape index (κ2) is 8.17. The number of nitrogens with one attached hydrogen (secondary N) is 1. The van der Waals surface area contributed by atoms with Gasteiger partial charge in [-0.05, 0) is 56.3 Å². The standard InChI is InChI=1S/C20H18FN3O5S/c1-11-17(9-13-3-4-14(21)10-18(13)23-11)20(26)29-12(2)19(25)24-15-5-7-16(8-6-15)30(22,27)28/h3-10,12H,1-2H3,(H,24,25)(H2,22,27,28)/t12-/m1/s1. The summed E-state index contributed by atoms with van der Waals surface area (Å²) in [7, 11) is -3.84. The number of hydrogen-bond donors (Lipinski definition) is 2. The van der Waals surface area contributed by atoms with Crippen LogP contribution in [0.1, 0.15) is 23.0 Å². The van der Waals surface area contributed by atoms with E-state index in [4.69, 9.17) is 9.88 Å². The third-order valence-electron chi connectivity index (χ3n) is 4.29. The topological polar surface area (TPSA) is 128 Å². The van der Waals surface area contributed by atoms with Crippen molar-refractivity contribution >= 4 is 38.5 Å². The van der Waals surface area contributed by atoms with Gasteiger partial charge in [0.05, 0.1) is 21.7 Å². The Labute approximate surface area is 171 Å². The number of rotatable bonds is 5. The molecule has 1 amide bonds. The number of benzene rings is 2. The third-order valence-corrected chi connectivity index (χ3v) is 5.22. The van der Waals surface area contributed by atoms with Crippen LogP contribution in [-0.4, -0.2) is 31.4 Å². The first-order valence-electron chi connectivity index (χ1n) is 8.76. The predicted octanol–water partition coefficient (Wildman–Crippen LogP) is 2.51. The minimum Gasteiger partial charge on any atom is -0.449 e. The molecule has 0 saturated heterocycles. The molecular formula is C20H18FN3O5S. The molecule has 3 rings (SSSR count). The fourth-order valence-electron chi connectivity index (χ4n) is 2.69. The van der Waals surface area contributed by atoms with Crippen molar-refractivity contribution in [1.29, 1.82) is 0 Å². The van der Waals surface area contributed by atoms with Crippen molar-refractivity contribution < 1.29 is 27.1 Å². The second-order valence-electron chi connectivity index (χ2n) is 6.56.